The topological polar surface area (TPSA) is 9.23 Å². The Morgan fingerprint density at radius 2 is 1.43 bits per heavy atom. The molecule has 0 saturated heterocycles. The summed E-state index contributed by atoms with van der Waals surface area (Å²) in [6.45, 7) is 2.28. The third-order valence-corrected chi connectivity index (χ3v) is 6.88. The normalized spacial score (nSPS) is 30.0. The molecule has 2 aliphatic rings. The zero-order valence-corrected chi connectivity index (χ0v) is 16.7. The van der Waals surface area contributed by atoms with Gasteiger partial charge in [-0.05, 0) is 79.9 Å². The Morgan fingerprint density at radius 3 is 1.93 bits per heavy atom. The summed E-state index contributed by atoms with van der Waals surface area (Å²) in [5.74, 6) is 3.03. The van der Waals surface area contributed by atoms with Crippen molar-refractivity contribution in [2.45, 2.75) is 89.6 Å². The van der Waals surface area contributed by atoms with E-state index in [1.54, 1.807) is 12.1 Å². The van der Waals surface area contributed by atoms with E-state index >= 15 is 0 Å². The Morgan fingerprint density at radius 1 is 0.893 bits per heavy atom. The van der Waals surface area contributed by atoms with Crippen molar-refractivity contribution in [3.63, 3.8) is 0 Å². The lowest BCUT2D eigenvalue weighted by atomic mass is 9.68. The van der Waals surface area contributed by atoms with Gasteiger partial charge in [0.2, 0.25) is 0 Å². The molecule has 0 spiro atoms. The molecule has 5 heteroatoms. The number of alkyl halides is 4. The van der Waals surface area contributed by atoms with Crippen LogP contribution in [0.25, 0.3) is 0 Å². The quantitative estimate of drug-likeness (QED) is 0.443. The average Bonchev–Trinajstić information content (AvgIpc) is 2.69. The van der Waals surface area contributed by atoms with Gasteiger partial charge in [0.25, 0.3) is 0 Å². The van der Waals surface area contributed by atoms with Crippen molar-refractivity contribution in [2.24, 2.45) is 17.8 Å². The predicted molar refractivity (Wildman–Crippen MR) is 103 cm³/mol. The zero-order chi connectivity index (χ0) is 20.1. The highest BCUT2D eigenvalue weighted by Crippen LogP contribution is 2.44. The molecule has 0 heterocycles. The van der Waals surface area contributed by atoms with Crippen LogP contribution in [-0.4, -0.2) is 12.5 Å². The Kier molecular flexibility index (Phi) is 7.27. The molecule has 3 rings (SSSR count). The molecule has 2 aliphatic carbocycles. The molecule has 0 amide bonds. The van der Waals surface area contributed by atoms with Gasteiger partial charge >= 0.3 is 12.5 Å². The van der Waals surface area contributed by atoms with Crippen molar-refractivity contribution in [2.75, 3.05) is 0 Å². The molecule has 158 valence electrons. The van der Waals surface area contributed by atoms with Crippen LogP contribution in [-0.2, 0) is 0 Å². The van der Waals surface area contributed by atoms with Gasteiger partial charge in [-0.3, -0.25) is 0 Å². The second-order valence-corrected chi connectivity index (χ2v) is 8.73. The molecule has 0 radical (unpaired) electrons. The van der Waals surface area contributed by atoms with E-state index in [2.05, 4.69) is 11.7 Å². The molecule has 1 atom stereocenters. The predicted octanol–water partition coefficient (Wildman–Crippen LogP) is 7.80. The second kappa shape index (κ2) is 9.49. The first-order valence-electron chi connectivity index (χ1n) is 10.8. The summed E-state index contributed by atoms with van der Waals surface area (Å²) in [7, 11) is 0. The Balaban J connectivity index is 1.46. The fourth-order valence-corrected chi connectivity index (χ4v) is 5.29. The number of ether oxygens (including phenoxy) is 1. The lowest BCUT2D eigenvalue weighted by Crippen LogP contribution is -2.29. The van der Waals surface area contributed by atoms with Crippen LogP contribution in [0.4, 0.5) is 17.6 Å². The van der Waals surface area contributed by atoms with Crippen LogP contribution in [0, 0.1) is 17.8 Å². The molecule has 1 aromatic carbocycles. The number of benzene rings is 1. The summed E-state index contributed by atoms with van der Waals surface area (Å²) in [6, 6.07) is 6.49. The van der Waals surface area contributed by atoms with E-state index in [0.717, 1.165) is 36.2 Å². The second-order valence-electron chi connectivity index (χ2n) is 8.73. The van der Waals surface area contributed by atoms with Gasteiger partial charge in [-0.15, -0.1) is 0 Å². The van der Waals surface area contributed by atoms with E-state index in [9.17, 15) is 17.6 Å². The highest BCUT2D eigenvalue weighted by atomic mass is 19.4. The number of halogens is 4. The fourth-order valence-electron chi connectivity index (χ4n) is 5.29. The van der Waals surface area contributed by atoms with E-state index in [-0.39, 0.29) is 5.75 Å². The Hall–Kier alpha value is -1.26. The van der Waals surface area contributed by atoms with E-state index in [4.69, 9.17) is 0 Å². The van der Waals surface area contributed by atoms with Gasteiger partial charge in [0.05, 0.1) is 0 Å². The van der Waals surface area contributed by atoms with Gasteiger partial charge < -0.3 is 4.74 Å². The fraction of sp³-hybridized carbons (Fsp3) is 0.739. The molecule has 0 N–H and O–H groups in total. The molecular weight excluding hydrogens is 368 g/mol. The molecule has 0 aromatic heterocycles. The molecule has 0 aliphatic heterocycles. The summed E-state index contributed by atoms with van der Waals surface area (Å²) >= 11 is 0. The first kappa shape index (κ1) is 21.4. The van der Waals surface area contributed by atoms with Crippen LogP contribution < -0.4 is 4.74 Å². The van der Waals surface area contributed by atoms with Gasteiger partial charge in [-0.1, -0.05) is 44.7 Å². The summed E-state index contributed by atoms with van der Waals surface area (Å²) in [4.78, 5) is 0. The summed E-state index contributed by atoms with van der Waals surface area (Å²) < 4.78 is 54.1. The van der Waals surface area contributed by atoms with Crippen LogP contribution in [0.5, 0.6) is 5.75 Å². The van der Waals surface area contributed by atoms with Gasteiger partial charge in [0.1, 0.15) is 5.75 Å². The van der Waals surface area contributed by atoms with Crippen LogP contribution >= 0.6 is 0 Å². The lowest BCUT2D eigenvalue weighted by Gasteiger charge is -2.38. The number of rotatable bonds is 6. The molecular formula is C23H32F4O. The molecule has 28 heavy (non-hydrogen) atoms. The highest BCUT2D eigenvalue weighted by molar-refractivity contribution is 5.30. The first-order chi connectivity index (χ1) is 13.4. The van der Waals surface area contributed by atoms with Gasteiger partial charge in [0, 0.05) is 0 Å². The Bertz CT molecular complexity index is 582. The van der Waals surface area contributed by atoms with Crippen molar-refractivity contribution in [3.8, 4) is 5.75 Å². The van der Waals surface area contributed by atoms with E-state index in [1.807, 2.05) is 0 Å². The minimum Gasteiger partial charge on any atom is -0.452 e. The molecule has 2 fully saturated rings. The monoisotopic (exact) mass is 400 g/mol. The molecule has 0 bridgehead atoms. The summed E-state index contributed by atoms with van der Waals surface area (Å²) in [5.41, 5.74) is 1.12. The molecule has 1 unspecified atom stereocenters. The minimum absolute atomic E-state index is 0.0777. The van der Waals surface area contributed by atoms with Crippen LogP contribution in [0.3, 0.4) is 0 Å². The smallest absolute Gasteiger partial charge is 0.452 e. The summed E-state index contributed by atoms with van der Waals surface area (Å²) in [5, 5.41) is 0. The summed E-state index contributed by atoms with van der Waals surface area (Å²) in [6.07, 6.45) is 4.72. The van der Waals surface area contributed by atoms with Crippen molar-refractivity contribution < 1.29 is 22.3 Å². The van der Waals surface area contributed by atoms with Crippen molar-refractivity contribution >= 4 is 0 Å². The van der Waals surface area contributed by atoms with E-state index in [1.165, 1.54) is 63.5 Å². The first-order valence-corrected chi connectivity index (χ1v) is 10.8. The highest BCUT2D eigenvalue weighted by Gasteiger charge is 2.42. The average molecular weight is 401 g/mol. The van der Waals surface area contributed by atoms with E-state index in [0.29, 0.717) is 5.92 Å². The Labute approximate surface area is 165 Å². The largest absolute Gasteiger partial charge is 0.457 e. The third-order valence-electron chi connectivity index (χ3n) is 6.88. The lowest BCUT2D eigenvalue weighted by molar-refractivity contribution is -0.236. The standard InChI is InChI=1S/C23H32F4O/c1-2-3-16-4-6-17(7-5-16)18-8-10-19(11-9-18)20-12-14-21(15-13-20)28-22(24)23(25,26)27/h12-19,22H,2-11H2,1H3. The van der Waals surface area contributed by atoms with Crippen molar-refractivity contribution in [1.29, 1.82) is 0 Å². The van der Waals surface area contributed by atoms with Gasteiger partial charge in [0.15, 0.2) is 0 Å². The van der Waals surface area contributed by atoms with Crippen LogP contribution in [0.15, 0.2) is 24.3 Å². The zero-order valence-electron chi connectivity index (χ0n) is 16.7. The molecule has 1 nitrogen and oxygen atoms in total. The molecule has 1 aromatic rings. The van der Waals surface area contributed by atoms with Crippen LogP contribution in [0.2, 0.25) is 0 Å². The maximum Gasteiger partial charge on any atom is 0.457 e. The molecule has 2 saturated carbocycles. The third kappa shape index (κ3) is 5.64. The van der Waals surface area contributed by atoms with Gasteiger partial charge in [-0.25, -0.2) is 0 Å². The van der Waals surface area contributed by atoms with Crippen molar-refractivity contribution in [3.05, 3.63) is 29.8 Å². The van der Waals surface area contributed by atoms with E-state index < -0.39 is 12.5 Å². The number of hydrogen-bond donors (Lipinski definition) is 0. The number of hydrogen-bond acceptors (Lipinski definition) is 1. The maximum atomic E-state index is 13.0. The van der Waals surface area contributed by atoms with Crippen LogP contribution in [0.1, 0.15) is 82.6 Å². The van der Waals surface area contributed by atoms with Crippen molar-refractivity contribution in [1.82, 2.24) is 0 Å². The maximum absolute atomic E-state index is 13.0. The minimum atomic E-state index is -4.99. The van der Waals surface area contributed by atoms with Gasteiger partial charge in [-0.2, -0.15) is 17.6 Å². The SMILES string of the molecule is CCCC1CCC(C2CCC(c3ccc(OC(F)C(F)(F)F)cc3)CC2)CC1.